The molecule has 22 heteroatoms. The molecule has 0 unspecified atom stereocenters. The first kappa shape index (κ1) is 99.3. The van der Waals surface area contributed by atoms with Gasteiger partial charge < -0.3 is 52.8 Å². The molecule has 3 heterocycles. The van der Waals surface area contributed by atoms with Gasteiger partial charge in [0.05, 0.1) is 94.0 Å². The zero-order valence-corrected chi connectivity index (χ0v) is 79.9. The molecule has 4 atom stereocenters. The van der Waals surface area contributed by atoms with Crippen molar-refractivity contribution in [3.05, 3.63) is 280 Å². The van der Waals surface area contributed by atoms with E-state index >= 15 is 0 Å². The van der Waals surface area contributed by atoms with E-state index in [4.69, 9.17) is 54.2 Å². The van der Waals surface area contributed by atoms with Crippen molar-refractivity contribution in [1.29, 1.82) is 0 Å². The van der Waals surface area contributed by atoms with Crippen LogP contribution in [-0.4, -0.2) is 98.8 Å². The Morgan fingerprint density at radius 3 is 0.888 bits per heavy atom. The fourth-order valence-corrected chi connectivity index (χ4v) is 19.0. The third-order valence-electron chi connectivity index (χ3n) is 27.0. The SMILES string of the molecule is COC(=O)C[C@@H](c1cccc(O)c1)C1CC1.COC(=O)C[C@@H](c1cccc(OCc2ccc(-c3cc(OC)ncc3F)c(C3=CCCC3(C)C)c2)c1)C1CC1.COC(=O)C[C@H](c1cccc(O)c1)C1CC1.COC(=O)C[C@H](c1cccc(OCc2ccc(-c3cc(OC)ncc3F)c(C3=CCCC3(C)C)c2)c1)C1CC1.COc1cc(-c2ccc(CCl)cc2C2=CCCC2(C)C)c(F)cn1. The molecule has 0 saturated heterocycles. The molecule has 0 amide bonds. The molecule has 4 fully saturated rings. The number of allylic oxidation sites excluding steroid dienone is 6. The molecule has 0 bridgehead atoms. The van der Waals surface area contributed by atoms with Gasteiger partial charge in [0.25, 0.3) is 0 Å². The normalized spacial score (nSPS) is 16.7. The summed E-state index contributed by atoms with van der Waals surface area (Å²) in [6.45, 7) is 14.1. The number of pyridine rings is 3. The molecule has 10 aromatic rings. The van der Waals surface area contributed by atoms with Crippen LogP contribution >= 0.6 is 11.6 Å². The summed E-state index contributed by atoms with van der Waals surface area (Å²) in [5.74, 6) is 4.64. The van der Waals surface area contributed by atoms with Gasteiger partial charge in [0.15, 0.2) is 0 Å². The summed E-state index contributed by atoms with van der Waals surface area (Å²) in [5.41, 5.74) is 18.0. The van der Waals surface area contributed by atoms with E-state index < -0.39 is 0 Å². The van der Waals surface area contributed by atoms with Gasteiger partial charge in [0, 0.05) is 40.8 Å². The van der Waals surface area contributed by atoms with E-state index in [9.17, 15) is 42.6 Å². The van der Waals surface area contributed by atoms with Crippen LogP contribution in [-0.2, 0) is 57.2 Å². The maximum absolute atomic E-state index is 15.0. The number of carbonyl (C=O) groups is 4. The number of rotatable bonds is 32. The molecular formula is C112H125ClF3N3O15. The molecule has 3 aromatic heterocycles. The summed E-state index contributed by atoms with van der Waals surface area (Å²) in [7, 11) is 10.3. The average molecular weight is 1850 g/mol. The van der Waals surface area contributed by atoms with Crippen molar-refractivity contribution < 1.29 is 85.2 Å². The van der Waals surface area contributed by atoms with Crippen LogP contribution in [0.2, 0.25) is 0 Å². The fraction of sp³-hybridized carbons (Fsp3) is 0.402. The zero-order chi connectivity index (χ0) is 95.5. The Labute approximate surface area is 791 Å². The number of benzene rings is 7. The second-order valence-electron chi connectivity index (χ2n) is 37.8. The van der Waals surface area contributed by atoms with Crippen molar-refractivity contribution in [2.75, 3.05) is 49.8 Å². The largest absolute Gasteiger partial charge is 0.508 e. The van der Waals surface area contributed by atoms with Gasteiger partial charge in [-0.15, -0.1) is 11.6 Å². The Morgan fingerprint density at radius 1 is 0.358 bits per heavy atom. The van der Waals surface area contributed by atoms with Crippen molar-refractivity contribution in [3.63, 3.8) is 0 Å². The van der Waals surface area contributed by atoms with E-state index in [1.807, 2.05) is 97.1 Å². The van der Waals surface area contributed by atoms with E-state index in [-0.39, 0.29) is 92.7 Å². The van der Waals surface area contributed by atoms with Crippen LogP contribution in [0.25, 0.3) is 50.1 Å². The number of aromatic hydroxyl groups is 2. The molecule has 0 spiro atoms. The summed E-state index contributed by atoms with van der Waals surface area (Å²) >= 11 is 6.03. The number of phenolic OH excluding ortho intramolecular Hbond substituents is 2. The summed E-state index contributed by atoms with van der Waals surface area (Å²) in [6.07, 6.45) is 27.4. The molecule has 134 heavy (non-hydrogen) atoms. The third-order valence-corrected chi connectivity index (χ3v) is 27.3. The molecule has 7 aliphatic carbocycles. The van der Waals surface area contributed by atoms with E-state index in [1.54, 1.807) is 42.5 Å². The summed E-state index contributed by atoms with van der Waals surface area (Å²) in [6, 6.07) is 53.5. The number of alkyl halides is 1. The lowest BCUT2D eigenvalue weighted by Crippen LogP contribution is -2.11. The molecule has 706 valence electrons. The maximum Gasteiger partial charge on any atom is 0.306 e. The van der Waals surface area contributed by atoms with Crippen molar-refractivity contribution in [3.8, 4) is 74.0 Å². The highest BCUT2D eigenvalue weighted by atomic mass is 35.5. The van der Waals surface area contributed by atoms with Gasteiger partial charge in [-0.3, -0.25) is 19.2 Å². The Bertz CT molecular complexity index is 5620. The van der Waals surface area contributed by atoms with Gasteiger partial charge in [-0.25, -0.2) is 28.1 Å². The Kier molecular flexibility index (Phi) is 33.5. The highest BCUT2D eigenvalue weighted by Gasteiger charge is 2.40. The van der Waals surface area contributed by atoms with Crippen LogP contribution in [0.4, 0.5) is 13.2 Å². The molecule has 2 N–H and O–H groups in total. The summed E-state index contributed by atoms with van der Waals surface area (Å²) < 4.78 is 92.0. The maximum atomic E-state index is 15.0. The summed E-state index contributed by atoms with van der Waals surface area (Å²) in [4.78, 5) is 58.6. The number of nitrogens with zero attached hydrogens (tertiary/aromatic N) is 3. The van der Waals surface area contributed by atoms with Crippen LogP contribution in [0.3, 0.4) is 0 Å². The number of esters is 4. The van der Waals surface area contributed by atoms with E-state index in [0.29, 0.717) is 103 Å². The monoisotopic (exact) mass is 1840 g/mol. The second-order valence-corrected chi connectivity index (χ2v) is 38.1. The number of hydrogen-bond acceptors (Lipinski definition) is 18. The Balaban J connectivity index is 0.000000149. The van der Waals surface area contributed by atoms with E-state index in [1.165, 1.54) is 85.1 Å². The molecule has 7 aliphatic rings. The highest BCUT2D eigenvalue weighted by Crippen LogP contribution is 2.54. The van der Waals surface area contributed by atoms with Crippen LogP contribution in [0.15, 0.2) is 207 Å². The van der Waals surface area contributed by atoms with Crippen molar-refractivity contribution >= 4 is 52.2 Å². The quantitative estimate of drug-likeness (QED) is 0.0227. The second kappa shape index (κ2) is 45.2. The number of hydrogen-bond donors (Lipinski definition) is 2. The van der Waals surface area contributed by atoms with E-state index in [2.05, 4.69) is 105 Å². The lowest BCUT2D eigenvalue weighted by Gasteiger charge is -2.25. The predicted octanol–water partition coefficient (Wildman–Crippen LogP) is 26.2. The van der Waals surface area contributed by atoms with Crippen molar-refractivity contribution in [2.24, 2.45) is 39.9 Å². The van der Waals surface area contributed by atoms with Gasteiger partial charge >= 0.3 is 23.9 Å². The molecule has 0 radical (unpaired) electrons. The predicted molar refractivity (Wildman–Crippen MR) is 517 cm³/mol. The van der Waals surface area contributed by atoms with Gasteiger partial charge in [0.2, 0.25) is 17.6 Å². The first-order chi connectivity index (χ1) is 64.4. The average Bonchev–Trinajstić information content (AvgIpc) is 1.52. The van der Waals surface area contributed by atoms with Crippen LogP contribution in [0.1, 0.15) is 236 Å². The minimum Gasteiger partial charge on any atom is -0.508 e. The number of aromatic nitrogens is 3. The molecule has 18 nitrogen and oxygen atoms in total. The zero-order valence-electron chi connectivity index (χ0n) is 79.2. The number of halogens is 4. The first-order valence-electron chi connectivity index (χ1n) is 46.4. The van der Waals surface area contributed by atoms with Crippen molar-refractivity contribution in [2.45, 2.75) is 200 Å². The van der Waals surface area contributed by atoms with E-state index in [0.717, 1.165) is 174 Å². The van der Waals surface area contributed by atoms with Gasteiger partial charge in [-0.05, 0) is 309 Å². The molecule has 17 rings (SSSR count). The van der Waals surface area contributed by atoms with Gasteiger partial charge in [-0.1, -0.05) is 145 Å². The Hall–Kier alpha value is -12.2. The summed E-state index contributed by atoms with van der Waals surface area (Å²) in [5, 5.41) is 18.9. The van der Waals surface area contributed by atoms with Gasteiger partial charge in [-0.2, -0.15) is 0 Å². The minimum atomic E-state index is -0.383. The third kappa shape index (κ3) is 26.0. The number of carbonyl (C=O) groups excluding carboxylic acids is 4. The highest BCUT2D eigenvalue weighted by molar-refractivity contribution is 6.17. The standard InChI is InChI=1S/2C33H36FNO4.C20H21ClFNO.2C13H16O3/c2*1-33(2)14-6-9-29(33)27-15-21(10-13-25(27)28-17-31(37-3)35-19-30(28)34)20-39-24-8-5-7-23(16-24)26(22-11-12-22)18-32(36)38-4;1-20(2)8-4-5-17(20)15-9-13(11-21)6-7-14(15)16-10-19(24-3)23-12-18(16)22;2*1-16-13(15)8-12(9-5-6-9)10-3-2-4-11(14)7-10/h2*5,7-10,13,15-17,19,22,26H,6,11-12,14,18,20H2,1-4H3;5-7,9-10,12H,4,8,11H2,1-3H3;2*2-4,7,9,12,14H,5-6,8H2,1H3/t2*26-;;2*12-/m10.10/s1. The lowest BCUT2D eigenvalue weighted by molar-refractivity contribution is -0.142. The smallest absolute Gasteiger partial charge is 0.306 e. The van der Waals surface area contributed by atoms with Crippen molar-refractivity contribution in [1.82, 2.24) is 15.0 Å². The fourth-order valence-electron chi connectivity index (χ4n) is 18.8. The number of ether oxygens (including phenoxy) is 9. The number of phenols is 2. The van der Waals surface area contributed by atoms with Crippen LogP contribution < -0.4 is 23.7 Å². The molecule has 7 aromatic carbocycles. The molecular weight excluding hydrogens is 1720 g/mol. The molecule has 0 aliphatic heterocycles. The van der Waals surface area contributed by atoms with Crippen LogP contribution in [0.5, 0.6) is 40.6 Å². The number of methoxy groups -OCH3 is 7. The molecule has 4 saturated carbocycles. The minimum absolute atomic E-state index is 0.0202. The van der Waals surface area contributed by atoms with Gasteiger partial charge in [0.1, 0.15) is 53.7 Å². The van der Waals surface area contributed by atoms with Crippen LogP contribution in [0, 0.1) is 57.4 Å². The lowest BCUT2D eigenvalue weighted by atomic mass is 9.79. The first-order valence-corrected chi connectivity index (χ1v) is 47.0. The topological polar surface area (TPSA) is 230 Å². The Morgan fingerprint density at radius 2 is 0.634 bits per heavy atom.